The van der Waals surface area contributed by atoms with Crippen LogP contribution in [-0.4, -0.2) is 34.4 Å². The van der Waals surface area contributed by atoms with Crippen LogP contribution in [0.25, 0.3) is 0 Å². The van der Waals surface area contributed by atoms with Crippen LogP contribution in [0.15, 0.2) is 48.5 Å². The maximum atomic E-state index is 13.4. The summed E-state index contributed by atoms with van der Waals surface area (Å²) in [5.41, 5.74) is 4.10. The topological polar surface area (TPSA) is 26.3 Å². The molecule has 0 saturated carbocycles. The number of fused-ring (bicyclic) bond motifs is 2. The lowest BCUT2D eigenvalue weighted by Crippen LogP contribution is -2.42. The fraction of sp³-hybridized carbons (Fsp3) is 0.381. The summed E-state index contributed by atoms with van der Waals surface area (Å²) in [6.45, 7) is 9.45. The SMILES string of the molecule is C[Si]1(C)COC[Si](C)(C)Cc2ccccc2C(=O)c2ccccc2C1. The van der Waals surface area contributed by atoms with Crippen molar-refractivity contribution < 1.29 is 9.53 Å². The molecule has 0 spiro atoms. The van der Waals surface area contributed by atoms with Gasteiger partial charge >= 0.3 is 0 Å². The fourth-order valence-electron chi connectivity index (χ4n) is 3.67. The van der Waals surface area contributed by atoms with Gasteiger partial charge in [0.15, 0.2) is 5.78 Å². The van der Waals surface area contributed by atoms with Gasteiger partial charge in [0.1, 0.15) is 0 Å². The van der Waals surface area contributed by atoms with Gasteiger partial charge in [0, 0.05) is 23.6 Å². The van der Waals surface area contributed by atoms with Crippen LogP contribution in [0.5, 0.6) is 0 Å². The monoisotopic (exact) mass is 368 g/mol. The van der Waals surface area contributed by atoms with Crippen LogP contribution in [0.1, 0.15) is 27.0 Å². The van der Waals surface area contributed by atoms with E-state index >= 15 is 0 Å². The molecule has 0 bridgehead atoms. The molecule has 2 aromatic rings. The van der Waals surface area contributed by atoms with Gasteiger partial charge < -0.3 is 4.74 Å². The molecule has 0 amide bonds. The third kappa shape index (κ3) is 4.37. The van der Waals surface area contributed by atoms with E-state index in [0.29, 0.717) is 0 Å². The normalized spacial score (nSPS) is 19.9. The van der Waals surface area contributed by atoms with Crippen LogP contribution in [0, 0.1) is 0 Å². The van der Waals surface area contributed by atoms with E-state index in [-0.39, 0.29) is 5.78 Å². The Morgan fingerprint density at radius 1 is 0.720 bits per heavy atom. The maximum absolute atomic E-state index is 13.4. The molecule has 1 aliphatic heterocycles. The summed E-state index contributed by atoms with van der Waals surface area (Å²) < 4.78 is 6.23. The van der Waals surface area contributed by atoms with Crippen LogP contribution in [0.2, 0.25) is 26.2 Å². The zero-order valence-electron chi connectivity index (χ0n) is 15.8. The standard InChI is InChI=1S/C21H28O2Si2/c1-24(2)13-17-9-5-7-11-19(17)21(22)20-12-8-6-10-18(20)14-25(3,4)16-23-15-24/h5-12H,13-16H2,1-4H3. The van der Waals surface area contributed by atoms with E-state index in [2.05, 4.69) is 38.3 Å². The van der Waals surface area contributed by atoms with Crippen molar-refractivity contribution in [1.29, 1.82) is 0 Å². The van der Waals surface area contributed by atoms with E-state index in [4.69, 9.17) is 4.74 Å². The summed E-state index contributed by atoms with van der Waals surface area (Å²) in [5.74, 6) is 0.183. The Bertz CT molecular complexity index is 717. The first-order chi connectivity index (χ1) is 11.8. The molecule has 0 aromatic heterocycles. The van der Waals surface area contributed by atoms with Crippen molar-refractivity contribution in [2.75, 3.05) is 12.5 Å². The molecule has 0 atom stereocenters. The zero-order chi connectivity index (χ0) is 18.1. The second-order valence-corrected chi connectivity index (χ2v) is 18.8. The molecule has 0 radical (unpaired) electrons. The molecule has 0 fully saturated rings. The number of carbonyl (C=O) groups is 1. The Kier molecular flexibility index (Phi) is 5.14. The van der Waals surface area contributed by atoms with Crippen molar-refractivity contribution in [3.63, 3.8) is 0 Å². The Balaban J connectivity index is 2.12. The summed E-state index contributed by atoms with van der Waals surface area (Å²) >= 11 is 0. The summed E-state index contributed by atoms with van der Waals surface area (Å²) in [4.78, 5) is 13.4. The first-order valence-corrected chi connectivity index (χ1v) is 15.9. The van der Waals surface area contributed by atoms with Gasteiger partial charge in [0.25, 0.3) is 0 Å². The highest BCUT2D eigenvalue weighted by atomic mass is 28.3. The van der Waals surface area contributed by atoms with Crippen LogP contribution in [0.3, 0.4) is 0 Å². The van der Waals surface area contributed by atoms with Gasteiger partial charge in [-0.3, -0.25) is 4.79 Å². The van der Waals surface area contributed by atoms with E-state index < -0.39 is 16.1 Å². The van der Waals surface area contributed by atoms with Crippen molar-refractivity contribution >= 4 is 21.9 Å². The average molecular weight is 369 g/mol. The molecule has 3 rings (SSSR count). The Hall–Kier alpha value is -1.50. The third-order valence-electron chi connectivity index (χ3n) is 4.85. The lowest BCUT2D eigenvalue weighted by molar-refractivity contribution is 0.103. The molecule has 0 unspecified atom stereocenters. The van der Waals surface area contributed by atoms with E-state index in [0.717, 1.165) is 35.7 Å². The van der Waals surface area contributed by atoms with Crippen LogP contribution < -0.4 is 0 Å². The largest absolute Gasteiger partial charge is 0.388 e. The predicted octanol–water partition coefficient (Wildman–Crippen LogP) is 4.61. The molecule has 25 heavy (non-hydrogen) atoms. The highest BCUT2D eigenvalue weighted by Gasteiger charge is 2.30. The van der Waals surface area contributed by atoms with Crippen molar-refractivity contribution in [1.82, 2.24) is 0 Å². The number of benzene rings is 2. The molecular formula is C21H28O2Si2. The molecule has 132 valence electrons. The molecule has 1 aliphatic rings. The van der Waals surface area contributed by atoms with Crippen molar-refractivity contribution in [3.8, 4) is 0 Å². The second kappa shape index (κ2) is 7.02. The van der Waals surface area contributed by atoms with Crippen molar-refractivity contribution in [2.24, 2.45) is 0 Å². The first-order valence-electron chi connectivity index (χ1n) is 9.06. The highest BCUT2D eigenvalue weighted by Crippen LogP contribution is 2.25. The fourth-order valence-corrected chi connectivity index (χ4v) is 8.07. The smallest absolute Gasteiger partial charge is 0.193 e. The quantitative estimate of drug-likeness (QED) is 0.635. The number of rotatable bonds is 0. The van der Waals surface area contributed by atoms with E-state index in [1.165, 1.54) is 11.1 Å². The number of hydrogen-bond donors (Lipinski definition) is 0. The average Bonchev–Trinajstić information content (AvgIpc) is 2.53. The minimum absolute atomic E-state index is 0.183. The van der Waals surface area contributed by atoms with Crippen LogP contribution >= 0.6 is 0 Å². The Morgan fingerprint density at radius 2 is 1.12 bits per heavy atom. The van der Waals surface area contributed by atoms with Crippen molar-refractivity contribution in [3.05, 3.63) is 70.8 Å². The minimum atomic E-state index is -1.55. The maximum Gasteiger partial charge on any atom is 0.193 e. The van der Waals surface area contributed by atoms with E-state index in [1.54, 1.807) is 0 Å². The molecule has 2 aromatic carbocycles. The molecule has 4 heteroatoms. The second-order valence-electron chi connectivity index (χ2n) is 8.82. The Morgan fingerprint density at radius 3 is 1.56 bits per heavy atom. The van der Waals surface area contributed by atoms with Gasteiger partial charge in [-0.2, -0.15) is 0 Å². The van der Waals surface area contributed by atoms with Gasteiger partial charge in [-0.05, 0) is 23.2 Å². The molecule has 0 aliphatic carbocycles. The number of hydrogen-bond acceptors (Lipinski definition) is 2. The predicted molar refractivity (Wildman–Crippen MR) is 110 cm³/mol. The number of carbonyl (C=O) groups excluding carboxylic acids is 1. The molecule has 1 heterocycles. The third-order valence-corrected chi connectivity index (χ3v) is 9.49. The van der Waals surface area contributed by atoms with Gasteiger partial charge in [0.2, 0.25) is 0 Å². The number of ketones is 1. The van der Waals surface area contributed by atoms with Gasteiger partial charge in [-0.15, -0.1) is 0 Å². The van der Waals surface area contributed by atoms with Crippen molar-refractivity contribution in [2.45, 2.75) is 38.3 Å². The lowest BCUT2D eigenvalue weighted by Gasteiger charge is -2.29. The zero-order valence-corrected chi connectivity index (χ0v) is 17.8. The Labute approximate surface area is 153 Å². The molecule has 0 saturated heterocycles. The molecule has 0 N–H and O–H groups in total. The number of ether oxygens (including phenoxy) is 1. The van der Waals surface area contributed by atoms with Gasteiger partial charge in [0.05, 0.1) is 16.1 Å². The summed E-state index contributed by atoms with van der Waals surface area (Å²) in [7, 11) is -3.11. The summed E-state index contributed by atoms with van der Waals surface area (Å²) in [5, 5.41) is 0. The molecular weight excluding hydrogens is 340 g/mol. The van der Waals surface area contributed by atoms with Gasteiger partial charge in [-0.25, -0.2) is 0 Å². The van der Waals surface area contributed by atoms with Crippen LogP contribution in [-0.2, 0) is 16.8 Å². The first kappa shape index (κ1) is 18.3. The minimum Gasteiger partial charge on any atom is -0.388 e. The van der Waals surface area contributed by atoms with E-state index in [9.17, 15) is 4.79 Å². The lowest BCUT2D eigenvalue weighted by atomic mass is 9.96. The summed E-state index contributed by atoms with van der Waals surface area (Å²) in [6.07, 6.45) is 1.74. The van der Waals surface area contributed by atoms with E-state index in [1.807, 2.05) is 36.4 Å². The molecule has 2 nitrogen and oxygen atoms in total. The van der Waals surface area contributed by atoms with Crippen LogP contribution in [0.4, 0.5) is 0 Å². The summed E-state index contributed by atoms with van der Waals surface area (Å²) in [6, 6.07) is 18.3. The van der Waals surface area contributed by atoms with Gasteiger partial charge in [-0.1, -0.05) is 74.7 Å². The highest BCUT2D eigenvalue weighted by molar-refractivity contribution is 6.78.